The van der Waals surface area contributed by atoms with Crippen LogP contribution >= 0.6 is 0 Å². The molecule has 0 saturated heterocycles. The van der Waals surface area contributed by atoms with Crippen LogP contribution in [-0.4, -0.2) is 23.0 Å². The normalized spacial score (nSPS) is 11.7. The molecule has 6 nitrogen and oxygen atoms in total. The highest BCUT2D eigenvalue weighted by Gasteiger charge is 2.22. The Kier molecular flexibility index (Phi) is 5.89. The lowest BCUT2D eigenvalue weighted by molar-refractivity contribution is -0.123. The number of esters is 1. The van der Waals surface area contributed by atoms with Gasteiger partial charge < -0.3 is 10.1 Å². The van der Waals surface area contributed by atoms with Gasteiger partial charge in [-0.25, -0.2) is 4.79 Å². The van der Waals surface area contributed by atoms with Crippen LogP contribution in [0.25, 0.3) is 10.9 Å². The summed E-state index contributed by atoms with van der Waals surface area (Å²) in [6, 6.07) is 17.7. The van der Waals surface area contributed by atoms with E-state index in [4.69, 9.17) is 10.00 Å². The largest absolute Gasteiger partial charge is 0.449 e. The summed E-state index contributed by atoms with van der Waals surface area (Å²) in [5.41, 5.74) is 2.55. The predicted molar refractivity (Wildman–Crippen MR) is 110 cm³/mol. The van der Waals surface area contributed by atoms with E-state index in [9.17, 15) is 9.59 Å². The summed E-state index contributed by atoms with van der Waals surface area (Å²) in [5.74, 6) is -0.973. The quantitative estimate of drug-likeness (QED) is 0.655. The van der Waals surface area contributed by atoms with Crippen molar-refractivity contribution in [1.82, 2.24) is 4.98 Å². The minimum atomic E-state index is -1.04. The van der Waals surface area contributed by atoms with Crippen molar-refractivity contribution in [3.63, 3.8) is 0 Å². The molecule has 3 rings (SSSR count). The molecule has 29 heavy (non-hydrogen) atoms. The third-order valence-electron chi connectivity index (χ3n) is 4.51. The second-order valence-electron chi connectivity index (χ2n) is 6.96. The summed E-state index contributed by atoms with van der Waals surface area (Å²) in [5, 5.41) is 12.4. The van der Waals surface area contributed by atoms with Crippen LogP contribution in [0.5, 0.6) is 0 Å². The number of hydrogen-bond donors (Lipinski definition) is 1. The summed E-state index contributed by atoms with van der Waals surface area (Å²) in [6.45, 7) is 5.48. The molecule has 146 valence electrons. The average molecular weight is 387 g/mol. The number of ether oxygens (including phenoxy) is 1. The van der Waals surface area contributed by atoms with E-state index in [0.29, 0.717) is 27.7 Å². The highest BCUT2D eigenvalue weighted by Crippen LogP contribution is 2.23. The van der Waals surface area contributed by atoms with Crippen LogP contribution in [0.2, 0.25) is 0 Å². The van der Waals surface area contributed by atoms with Crippen LogP contribution in [0.3, 0.4) is 0 Å². The molecule has 1 amide bonds. The summed E-state index contributed by atoms with van der Waals surface area (Å²) in [6.07, 6.45) is -1.04. The summed E-state index contributed by atoms with van der Waals surface area (Å²) in [7, 11) is 0. The van der Waals surface area contributed by atoms with Crippen LogP contribution in [0.1, 0.15) is 48.3 Å². The number of nitrogens with zero attached hydrogens (tertiary/aromatic N) is 2. The van der Waals surface area contributed by atoms with Crippen molar-refractivity contribution in [2.45, 2.75) is 32.8 Å². The first-order valence-corrected chi connectivity index (χ1v) is 9.31. The Balaban J connectivity index is 1.82. The van der Waals surface area contributed by atoms with Crippen LogP contribution in [0.15, 0.2) is 54.6 Å². The number of carbonyl (C=O) groups excluding carboxylic acids is 2. The molecule has 0 aliphatic rings. The molecule has 0 saturated carbocycles. The Morgan fingerprint density at radius 3 is 2.48 bits per heavy atom. The number of aromatic nitrogens is 1. The molecule has 0 spiro atoms. The standard InChI is InChI=1S/C23H21N3O3/c1-14(2)21-12-18(17-9-5-7-11-20(17)25-21)23(28)29-15(3)22(27)26-19-10-6-4-8-16(19)13-24/h4-12,14-15H,1-3H3,(H,26,27). The average Bonchev–Trinajstić information content (AvgIpc) is 2.73. The van der Waals surface area contributed by atoms with Crippen molar-refractivity contribution in [3.05, 3.63) is 71.4 Å². The molecule has 0 fully saturated rings. The molecule has 1 atom stereocenters. The second-order valence-corrected chi connectivity index (χ2v) is 6.96. The molecule has 3 aromatic rings. The van der Waals surface area contributed by atoms with Crippen molar-refractivity contribution < 1.29 is 14.3 Å². The van der Waals surface area contributed by atoms with Gasteiger partial charge in [0.2, 0.25) is 0 Å². The van der Waals surface area contributed by atoms with Gasteiger partial charge >= 0.3 is 5.97 Å². The van der Waals surface area contributed by atoms with Gasteiger partial charge in [0.25, 0.3) is 5.91 Å². The van der Waals surface area contributed by atoms with Gasteiger partial charge in [-0.15, -0.1) is 0 Å². The lowest BCUT2D eigenvalue weighted by Crippen LogP contribution is -2.30. The van der Waals surface area contributed by atoms with Gasteiger partial charge in [-0.1, -0.05) is 44.2 Å². The highest BCUT2D eigenvalue weighted by molar-refractivity contribution is 6.05. The van der Waals surface area contributed by atoms with Crippen molar-refractivity contribution in [1.29, 1.82) is 5.26 Å². The van der Waals surface area contributed by atoms with Gasteiger partial charge in [0.1, 0.15) is 6.07 Å². The number of fused-ring (bicyclic) bond motifs is 1. The van der Waals surface area contributed by atoms with E-state index in [2.05, 4.69) is 10.3 Å². The Labute approximate surface area is 169 Å². The highest BCUT2D eigenvalue weighted by atomic mass is 16.5. The maximum atomic E-state index is 12.8. The number of nitriles is 1. The fourth-order valence-corrected chi connectivity index (χ4v) is 2.86. The van der Waals surface area contributed by atoms with Crippen LogP contribution in [0, 0.1) is 11.3 Å². The number of pyridine rings is 1. The predicted octanol–water partition coefficient (Wildman–Crippen LogP) is 4.41. The Morgan fingerprint density at radius 1 is 1.07 bits per heavy atom. The molecule has 6 heteroatoms. The van der Waals surface area contributed by atoms with Gasteiger partial charge in [-0.3, -0.25) is 9.78 Å². The van der Waals surface area contributed by atoms with Gasteiger partial charge in [-0.05, 0) is 37.1 Å². The van der Waals surface area contributed by atoms with E-state index in [-0.39, 0.29) is 5.92 Å². The molecule has 1 aromatic heterocycles. The number of anilines is 1. The second kappa shape index (κ2) is 8.53. The Morgan fingerprint density at radius 2 is 1.76 bits per heavy atom. The Hall–Kier alpha value is -3.72. The number of nitrogens with one attached hydrogen (secondary N) is 1. The van der Waals surface area contributed by atoms with Gasteiger partial charge in [0.05, 0.1) is 22.3 Å². The molecular weight excluding hydrogens is 366 g/mol. The number of benzene rings is 2. The number of para-hydroxylation sites is 2. The van der Waals surface area contributed by atoms with E-state index in [1.807, 2.05) is 38.1 Å². The molecule has 1 heterocycles. The van der Waals surface area contributed by atoms with E-state index in [0.717, 1.165) is 5.69 Å². The summed E-state index contributed by atoms with van der Waals surface area (Å²) >= 11 is 0. The van der Waals surface area contributed by atoms with E-state index < -0.39 is 18.0 Å². The van der Waals surface area contributed by atoms with Gasteiger partial charge in [0.15, 0.2) is 6.10 Å². The first-order chi connectivity index (χ1) is 13.9. The molecule has 0 aliphatic carbocycles. The molecule has 1 unspecified atom stereocenters. The number of rotatable bonds is 5. The number of hydrogen-bond acceptors (Lipinski definition) is 5. The lowest BCUT2D eigenvalue weighted by atomic mass is 10.0. The first-order valence-electron chi connectivity index (χ1n) is 9.31. The van der Waals surface area contributed by atoms with Crippen molar-refractivity contribution in [2.24, 2.45) is 0 Å². The fraction of sp³-hybridized carbons (Fsp3) is 0.217. The maximum Gasteiger partial charge on any atom is 0.339 e. The minimum absolute atomic E-state index is 0.134. The first kappa shape index (κ1) is 20.0. The molecule has 0 radical (unpaired) electrons. The number of carbonyl (C=O) groups is 2. The molecule has 2 aromatic carbocycles. The minimum Gasteiger partial charge on any atom is -0.449 e. The van der Waals surface area contributed by atoms with E-state index in [1.54, 1.807) is 36.4 Å². The van der Waals surface area contributed by atoms with E-state index in [1.165, 1.54) is 6.92 Å². The maximum absolute atomic E-state index is 12.8. The van der Waals surface area contributed by atoms with Crippen LogP contribution in [-0.2, 0) is 9.53 Å². The summed E-state index contributed by atoms with van der Waals surface area (Å²) < 4.78 is 5.43. The van der Waals surface area contributed by atoms with Crippen molar-refractivity contribution in [2.75, 3.05) is 5.32 Å². The fourth-order valence-electron chi connectivity index (χ4n) is 2.86. The van der Waals surface area contributed by atoms with Crippen LogP contribution in [0.4, 0.5) is 5.69 Å². The summed E-state index contributed by atoms with van der Waals surface area (Å²) in [4.78, 5) is 29.9. The van der Waals surface area contributed by atoms with Crippen LogP contribution < -0.4 is 5.32 Å². The lowest BCUT2D eigenvalue weighted by Gasteiger charge is -2.16. The molecule has 1 N–H and O–H groups in total. The zero-order valence-electron chi connectivity index (χ0n) is 16.5. The molecular formula is C23H21N3O3. The van der Waals surface area contributed by atoms with Crippen molar-refractivity contribution >= 4 is 28.5 Å². The zero-order valence-corrected chi connectivity index (χ0v) is 16.5. The zero-order chi connectivity index (χ0) is 21.0. The monoisotopic (exact) mass is 387 g/mol. The smallest absolute Gasteiger partial charge is 0.339 e. The third-order valence-corrected chi connectivity index (χ3v) is 4.51. The number of amides is 1. The SMILES string of the molecule is CC(OC(=O)c1cc(C(C)C)nc2ccccc12)C(=O)Nc1ccccc1C#N. The van der Waals surface area contributed by atoms with Crippen molar-refractivity contribution in [3.8, 4) is 6.07 Å². The van der Waals surface area contributed by atoms with Gasteiger partial charge in [-0.2, -0.15) is 5.26 Å². The molecule has 0 bridgehead atoms. The molecule has 0 aliphatic heterocycles. The third kappa shape index (κ3) is 4.41. The Bertz CT molecular complexity index is 1120. The topological polar surface area (TPSA) is 92.1 Å². The van der Waals surface area contributed by atoms with Gasteiger partial charge in [0, 0.05) is 11.1 Å². The van der Waals surface area contributed by atoms with E-state index >= 15 is 0 Å².